The zero-order chi connectivity index (χ0) is 9.84. The summed E-state index contributed by atoms with van der Waals surface area (Å²) >= 11 is 0. The Morgan fingerprint density at radius 1 is 1.31 bits per heavy atom. The molecule has 0 N–H and O–H groups in total. The molecule has 0 atom stereocenters. The van der Waals surface area contributed by atoms with E-state index in [1.807, 2.05) is 13.0 Å². The summed E-state index contributed by atoms with van der Waals surface area (Å²) < 4.78 is 9.71. The smallest absolute Gasteiger partial charge is 0.341 e. The number of carbonyl (C=O) groups is 1. The van der Waals surface area contributed by atoms with E-state index in [9.17, 15) is 4.79 Å². The third-order valence-electron chi connectivity index (χ3n) is 1.82. The predicted molar refractivity (Wildman–Crippen MR) is 49.1 cm³/mol. The third-order valence-corrected chi connectivity index (χ3v) is 1.82. The first-order chi connectivity index (χ1) is 6.20. The largest absolute Gasteiger partial charge is 0.496 e. The molecule has 0 aliphatic heterocycles. The standard InChI is InChI=1S/C10H12O3/c1-7-5-4-6-8(9(7)12-2)10(11)13-3/h4-6H,1-3H3. The van der Waals surface area contributed by atoms with Gasteiger partial charge in [0.25, 0.3) is 0 Å². The molecule has 1 aromatic carbocycles. The van der Waals surface area contributed by atoms with Gasteiger partial charge in [0.15, 0.2) is 0 Å². The van der Waals surface area contributed by atoms with Gasteiger partial charge < -0.3 is 9.47 Å². The fourth-order valence-corrected chi connectivity index (χ4v) is 1.19. The van der Waals surface area contributed by atoms with E-state index in [0.29, 0.717) is 11.3 Å². The van der Waals surface area contributed by atoms with Gasteiger partial charge >= 0.3 is 5.97 Å². The monoisotopic (exact) mass is 180 g/mol. The zero-order valence-corrected chi connectivity index (χ0v) is 7.96. The van der Waals surface area contributed by atoms with Crippen molar-refractivity contribution in [3.05, 3.63) is 29.3 Å². The van der Waals surface area contributed by atoms with Gasteiger partial charge in [-0.2, -0.15) is 0 Å². The van der Waals surface area contributed by atoms with Crippen molar-refractivity contribution in [2.75, 3.05) is 14.2 Å². The first-order valence-electron chi connectivity index (χ1n) is 3.92. The van der Waals surface area contributed by atoms with Crippen molar-refractivity contribution in [2.45, 2.75) is 6.92 Å². The zero-order valence-electron chi connectivity index (χ0n) is 7.96. The molecule has 0 fully saturated rings. The molecular formula is C10H12O3. The van der Waals surface area contributed by atoms with Crippen molar-refractivity contribution in [3.63, 3.8) is 0 Å². The summed E-state index contributed by atoms with van der Waals surface area (Å²) in [7, 11) is 2.89. The Morgan fingerprint density at radius 2 is 2.00 bits per heavy atom. The van der Waals surface area contributed by atoms with Crippen molar-refractivity contribution in [2.24, 2.45) is 0 Å². The van der Waals surface area contributed by atoms with Crippen molar-refractivity contribution in [1.29, 1.82) is 0 Å². The van der Waals surface area contributed by atoms with Gasteiger partial charge in [-0.05, 0) is 18.6 Å². The number of benzene rings is 1. The van der Waals surface area contributed by atoms with E-state index in [-0.39, 0.29) is 5.97 Å². The van der Waals surface area contributed by atoms with Crippen LogP contribution in [0.3, 0.4) is 0 Å². The maximum Gasteiger partial charge on any atom is 0.341 e. The number of aryl methyl sites for hydroxylation is 1. The molecule has 0 bridgehead atoms. The van der Waals surface area contributed by atoms with Crippen molar-refractivity contribution >= 4 is 5.97 Å². The lowest BCUT2D eigenvalue weighted by Crippen LogP contribution is -2.04. The number of carbonyl (C=O) groups excluding carboxylic acids is 1. The molecule has 3 nitrogen and oxygen atoms in total. The van der Waals surface area contributed by atoms with Crippen LogP contribution in [0.1, 0.15) is 15.9 Å². The fourth-order valence-electron chi connectivity index (χ4n) is 1.19. The Labute approximate surface area is 77.3 Å². The van der Waals surface area contributed by atoms with Gasteiger partial charge in [0.05, 0.1) is 14.2 Å². The average Bonchev–Trinajstić information content (AvgIpc) is 2.16. The van der Waals surface area contributed by atoms with E-state index in [2.05, 4.69) is 4.74 Å². The highest BCUT2D eigenvalue weighted by Crippen LogP contribution is 2.23. The molecule has 0 aromatic heterocycles. The average molecular weight is 180 g/mol. The second-order valence-corrected chi connectivity index (χ2v) is 2.65. The number of ether oxygens (including phenoxy) is 2. The molecule has 0 spiro atoms. The molecule has 0 unspecified atom stereocenters. The molecule has 1 rings (SSSR count). The van der Waals surface area contributed by atoms with Crippen LogP contribution in [-0.2, 0) is 4.74 Å². The molecule has 1 aromatic rings. The molecule has 3 heteroatoms. The molecule has 13 heavy (non-hydrogen) atoms. The van der Waals surface area contributed by atoms with Gasteiger partial charge in [-0.25, -0.2) is 4.79 Å². The lowest BCUT2D eigenvalue weighted by molar-refractivity contribution is 0.0597. The Balaban J connectivity index is 3.20. The van der Waals surface area contributed by atoms with Crippen LogP contribution in [0.4, 0.5) is 0 Å². The lowest BCUT2D eigenvalue weighted by atomic mass is 10.1. The van der Waals surface area contributed by atoms with E-state index < -0.39 is 0 Å². The molecule has 0 heterocycles. The van der Waals surface area contributed by atoms with E-state index in [1.54, 1.807) is 12.1 Å². The molecule has 0 aliphatic rings. The molecule has 0 aliphatic carbocycles. The second-order valence-electron chi connectivity index (χ2n) is 2.65. The molecule has 70 valence electrons. The van der Waals surface area contributed by atoms with E-state index in [0.717, 1.165) is 5.56 Å². The predicted octanol–water partition coefficient (Wildman–Crippen LogP) is 1.79. The van der Waals surface area contributed by atoms with Crippen LogP contribution < -0.4 is 4.74 Å². The normalized spacial score (nSPS) is 9.46. The first-order valence-corrected chi connectivity index (χ1v) is 3.92. The molecule has 0 saturated heterocycles. The number of rotatable bonds is 2. The van der Waals surface area contributed by atoms with Gasteiger partial charge in [-0.15, -0.1) is 0 Å². The number of para-hydroxylation sites is 1. The summed E-state index contributed by atoms with van der Waals surface area (Å²) in [5, 5.41) is 0. The maximum atomic E-state index is 11.2. The summed E-state index contributed by atoms with van der Waals surface area (Å²) in [6.45, 7) is 1.88. The number of hydrogen-bond donors (Lipinski definition) is 0. The molecule has 0 saturated carbocycles. The first kappa shape index (κ1) is 9.58. The Bertz CT molecular complexity index is 318. The topological polar surface area (TPSA) is 35.5 Å². The van der Waals surface area contributed by atoms with Crippen LogP contribution in [0, 0.1) is 6.92 Å². The SMILES string of the molecule is COC(=O)c1cccc(C)c1OC. The fraction of sp³-hybridized carbons (Fsp3) is 0.300. The van der Waals surface area contributed by atoms with Crippen LogP contribution in [-0.4, -0.2) is 20.2 Å². The van der Waals surface area contributed by atoms with E-state index in [1.165, 1.54) is 14.2 Å². The highest BCUT2D eigenvalue weighted by atomic mass is 16.5. The Hall–Kier alpha value is -1.51. The van der Waals surface area contributed by atoms with Gasteiger partial charge in [0.2, 0.25) is 0 Å². The second kappa shape index (κ2) is 3.94. The molecular weight excluding hydrogens is 168 g/mol. The van der Waals surface area contributed by atoms with Crippen LogP contribution in [0.25, 0.3) is 0 Å². The number of methoxy groups -OCH3 is 2. The van der Waals surface area contributed by atoms with Crippen LogP contribution in [0.2, 0.25) is 0 Å². The maximum absolute atomic E-state index is 11.2. The molecule has 0 radical (unpaired) electrons. The minimum absolute atomic E-state index is 0.374. The van der Waals surface area contributed by atoms with E-state index >= 15 is 0 Å². The number of hydrogen-bond acceptors (Lipinski definition) is 3. The van der Waals surface area contributed by atoms with Crippen LogP contribution in [0.5, 0.6) is 5.75 Å². The minimum atomic E-state index is -0.374. The van der Waals surface area contributed by atoms with Crippen molar-refractivity contribution in [1.82, 2.24) is 0 Å². The quantitative estimate of drug-likeness (QED) is 0.651. The number of esters is 1. The van der Waals surface area contributed by atoms with Gasteiger partial charge in [-0.3, -0.25) is 0 Å². The van der Waals surface area contributed by atoms with Crippen LogP contribution >= 0.6 is 0 Å². The van der Waals surface area contributed by atoms with Gasteiger partial charge in [0.1, 0.15) is 11.3 Å². The van der Waals surface area contributed by atoms with Gasteiger partial charge in [-0.1, -0.05) is 12.1 Å². The summed E-state index contributed by atoms with van der Waals surface area (Å²) in [5.41, 5.74) is 1.38. The Kier molecular flexibility index (Phi) is 2.90. The Morgan fingerprint density at radius 3 is 2.54 bits per heavy atom. The third kappa shape index (κ3) is 1.80. The van der Waals surface area contributed by atoms with Gasteiger partial charge in [0, 0.05) is 0 Å². The van der Waals surface area contributed by atoms with E-state index in [4.69, 9.17) is 4.74 Å². The summed E-state index contributed by atoms with van der Waals surface area (Å²) in [6, 6.07) is 5.35. The summed E-state index contributed by atoms with van der Waals surface area (Å²) in [4.78, 5) is 11.2. The lowest BCUT2D eigenvalue weighted by Gasteiger charge is -2.08. The highest BCUT2D eigenvalue weighted by molar-refractivity contribution is 5.92. The highest BCUT2D eigenvalue weighted by Gasteiger charge is 2.13. The summed E-state index contributed by atoms with van der Waals surface area (Å²) in [5.74, 6) is 0.204. The summed E-state index contributed by atoms with van der Waals surface area (Å²) in [6.07, 6.45) is 0. The van der Waals surface area contributed by atoms with Crippen molar-refractivity contribution in [3.8, 4) is 5.75 Å². The molecule has 0 amide bonds. The van der Waals surface area contributed by atoms with Crippen molar-refractivity contribution < 1.29 is 14.3 Å². The minimum Gasteiger partial charge on any atom is -0.496 e. The van der Waals surface area contributed by atoms with Crippen LogP contribution in [0.15, 0.2) is 18.2 Å².